The average molecular weight is 408 g/mol. The third-order valence-electron chi connectivity index (χ3n) is 3.20. The molecule has 132 valence electrons. The number of para-hydroxylation sites is 1. The Morgan fingerprint density at radius 2 is 1.92 bits per heavy atom. The number of ether oxygens (including phenoxy) is 3. The van der Waals surface area contributed by atoms with Gasteiger partial charge in [-0.05, 0) is 40.2 Å². The molecular formula is C18H18BrNO5. The van der Waals surface area contributed by atoms with E-state index in [1.54, 1.807) is 6.07 Å². The van der Waals surface area contributed by atoms with Crippen LogP contribution in [-0.2, 0) is 4.79 Å². The van der Waals surface area contributed by atoms with E-state index in [0.717, 1.165) is 5.75 Å². The van der Waals surface area contributed by atoms with Crippen molar-refractivity contribution < 1.29 is 23.8 Å². The first kappa shape index (κ1) is 18.8. The summed E-state index contributed by atoms with van der Waals surface area (Å²) in [4.78, 5) is 22.8. The number of benzene rings is 2. The molecule has 0 aliphatic heterocycles. The molecule has 2 aromatic rings. The van der Waals surface area contributed by atoms with Gasteiger partial charge in [0.25, 0.3) is 5.91 Å². The molecule has 0 atom stereocenters. The summed E-state index contributed by atoms with van der Waals surface area (Å²) in [7, 11) is 1.48. The SMILES string of the molecule is COc1cc(Br)c(C=O)cc1OCC(=O)NCCOc1ccccc1. The molecule has 0 aromatic heterocycles. The Bertz CT molecular complexity index is 721. The third-order valence-corrected chi connectivity index (χ3v) is 3.89. The third kappa shape index (κ3) is 5.79. The van der Waals surface area contributed by atoms with E-state index < -0.39 is 0 Å². The van der Waals surface area contributed by atoms with Crippen LogP contribution < -0.4 is 19.5 Å². The molecule has 0 spiro atoms. The standard InChI is InChI=1S/C18H18BrNO5/c1-23-16-10-15(19)13(11-21)9-17(16)25-12-18(22)20-7-8-24-14-5-3-2-4-6-14/h2-6,9-11H,7-8,12H2,1H3,(H,20,22). The summed E-state index contributed by atoms with van der Waals surface area (Å²) in [5.74, 6) is 1.20. The number of carbonyl (C=O) groups excluding carboxylic acids is 2. The highest BCUT2D eigenvalue weighted by atomic mass is 79.9. The van der Waals surface area contributed by atoms with Gasteiger partial charge in [0.1, 0.15) is 12.4 Å². The van der Waals surface area contributed by atoms with Crippen molar-refractivity contribution in [2.24, 2.45) is 0 Å². The molecule has 0 fully saturated rings. The molecule has 0 aliphatic rings. The molecule has 0 saturated carbocycles. The molecule has 0 bridgehead atoms. The van der Waals surface area contributed by atoms with Crippen LogP contribution in [0.15, 0.2) is 46.9 Å². The molecule has 0 unspecified atom stereocenters. The van der Waals surface area contributed by atoms with Gasteiger partial charge in [0, 0.05) is 10.0 Å². The van der Waals surface area contributed by atoms with Crippen LogP contribution in [0.2, 0.25) is 0 Å². The molecule has 1 N–H and O–H groups in total. The minimum absolute atomic E-state index is 0.193. The van der Waals surface area contributed by atoms with Crippen LogP contribution >= 0.6 is 15.9 Å². The molecule has 25 heavy (non-hydrogen) atoms. The van der Waals surface area contributed by atoms with E-state index in [-0.39, 0.29) is 12.5 Å². The Hall–Kier alpha value is -2.54. The second kappa shape index (κ2) is 9.68. The number of aldehydes is 1. The van der Waals surface area contributed by atoms with Crippen molar-refractivity contribution in [2.45, 2.75) is 0 Å². The lowest BCUT2D eigenvalue weighted by atomic mass is 10.2. The maximum Gasteiger partial charge on any atom is 0.258 e. The van der Waals surface area contributed by atoms with Gasteiger partial charge in [0.2, 0.25) is 0 Å². The zero-order valence-electron chi connectivity index (χ0n) is 13.7. The first-order chi connectivity index (χ1) is 12.1. The molecule has 6 nitrogen and oxygen atoms in total. The van der Waals surface area contributed by atoms with Gasteiger partial charge in [0.15, 0.2) is 24.4 Å². The van der Waals surface area contributed by atoms with Gasteiger partial charge in [-0.25, -0.2) is 0 Å². The molecule has 7 heteroatoms. The Labute approximate surface area is 154 Å². The van der Waals surface area contributed by atoms with E-state index in [9.17, 15) is 9.59 Å². The van der Waals surface area contributed by atoms with E-state index in [2.05, 4.69) is 21.2 Å². The van der Waals surface area contributed by atoms with Gasteiger partial charge in [-0.1, -0.05) is 18.2 Å². The number of amides is 1. The minimum Gasteiger partial charge on any atom is -0.493 e. The lowest BCUT2D eigenvalue weighted by molar-refractivity contribution is -0.123. The zero-order chi connectivity index (χ0) is 18.1. The summed E-state index contributed by atoms with van der Waals surface area (Å²) in [6, 6.07) is 12.5. The van der Waals surface area contributed by atoms with Crippen molar-refractivity contribution in [3.63, 3.8) is 0 Å². The van der Waals surface area contributed by atoms with E-state index >= 15 is 0 Å². The molecule has 0 saturated heterocycles. The number of rotatable bonds is 9. The van der Waals surface area contributed by atoms with Gasteiger partial charge < -0.3 is 19.5 Å². The average Bonchev–Trinajstić information content (AvgIpc) is 2.64. The van der Waals surface area contributed by atoms with Gasteiger partial charge >= 0.3 is 0 Å². The van der Waals surface area contributed by atoms with Crippen LogP contribution in [0.5, 0.6) is 17.2 Å². The van der Waals surface area contributed by atoms with Gasteiger partial charge in [0.05, 0.1) is 13.7 Å². The minimum atomic E-state index is -0.297. The van der Waals surface area contributed by atoms with E-state index in [1.807, 2.05) is 30.3 Å². The quantitative estimate of drug-likeness (QED) is 0.510. The molecule has 0 heterocycles. The van der Waals surface area contributed by atoms with Crippen molar-refractivity contribution in [2.75, 3.05) is 26.9 Å². The fourth-order valence-corrected chi connectivity index (χ4v) is 2.40. The summed E-state index contributed by atoms with van der Waals surface area (Å²) >= 11 is 3.26. The van der Waals surface area contributed by atoms with Crippen LogP contribution in [0.1, 0.15) is 10.4 Å². The van der Waals surface area contributed by atoms with Gasteiger partial charge in [-0.2, -0.15) is 0 Å². The van der Waals surface area contributed by atoms with E-state index in [4.69, 9.17) is 14.2 Å². The Balaban J connectivity index is 1.78. The summed E-state index contributed by atoms with van der Waals surface area (Å²) in [5.41, 5.74) is 0.410. The summed E-state index contributed by atoms with van der Waals surface area (Å²) in [6.07, 6.45) is 0.692. The van der Waals surface area contributed by atoms with E-state index in [0.29, 0.717) is 41.0 Å². The highest BCUT2D eigenvalue weighted by Crippen LogP contribution is 2.32. The van der Waals surface area contributed by atoms with Crippen molar-refractivity contribution in [3.8, 4) is 17.2 Å². The number of halogens is 1. The highest BCUT2D eigenvalue weighted by Gasteiger charge is 2.11. The zero-order valence-corrected chi connectivity index (χ0v) is 15.2. The molecule has 2 rings (SSSR count). The van der Waals surface area contributed by atoms with E-state index in [1.165, 1.54) is 13.2 Å². The fourth-order valence-electron chi connectivity index (χ4n) is 1.98. The number of hydrogen-bond acceptors (Lipinski definition) is 5. The monoisotopic (exact) mass is 407 g/mol. The molecule has 2 aromatic carbocycles. The largest absolute Gasteiger partial charge is 0.493 e. The first-order valence-electron chi connectivity index (χ1n) is 7.54. The fraction of sp³-hybridized carbons (Fsp3) is 0.222. The maximum atomic E-state index is 11.8. The van der Waals surface area contributed by atoms with Crippen molar-refractivity contribution in [3.05, 3.63) is 52.5 Å². The number of methoxy groups -OCH3 is 1. The second-order valence-electron chi connectivity index (χ2n) is 4.94. The van der Waals surface area contributed by atoms with Crippen LogP contribution in [0.25, 0.3) is 0 Å². The van der Waals surface area contributed by atoms with Crippen molar-refractivity contribution in [1.82, 2.24) is 5.32 Å². The second-order valence-corrected chi connectivity index (χ2v) is 5.80. The van der Waals surface area contributed by atoms with Crippen molar-refractivity contribution >= 4 is 28.1 Å². The predicted molar refractivity (Wildman–Crippen MR) is 96.5 cm³/mol. The molecule has 0 aliphatic carbocycles. The topological polar surface area (TPSA) is 73.9 Å². The van der Waals surface area contributed by atoms with Crippen LogP contribution in [-0.4, -0.2) is 39.1 Å². The smallest absolute Gasteiger partial charge is 0.258 e. The molecule has 1 amide bonds. The Kier molecular flexibility index (Phi) is 7.28. The lowest BCUT2D eigenvalue weighted by Crippen LogP contribution is -2.32. The summed E-state index contributed by atoms with van der Waals surface area (Å²) < 4.78 is 16.7. The predicted octanol–water partition coefficient (Wildman–Crippen LogP) is 2.84. The summed E-state index contributed by atoms with van der Waals surface area (Å²) in [6.45, 7) is 0.516. The number of hydrogen-bond donors (Lipinski definition) is 1. The first-order valence-corrected chi connectivity index (χ1v) is 8.33. The van der Waals surface area contributed by atoms with Crippen LogP contribution in [0.3, 0.4) is 0 Å². The highest BCUT2D eigenvalue weighted by molar-refractivity contribution is 9.10. The Morgan fingerprint density at radius 3 is 2.60 bits per heavy atom. The molecule has 0 radical (unpaired) electrons. The van der Waals surface area contributed by atoms with Crippen LogP contribution in [0, 0.1) is 0 Å². The van der Waals surface area contributed by atoms with Gasteiger partial charge in [-0.15, -0.1) is 0 Å². The summed E-state index contributed by atoms with van der Waals surface area (Å²) in [5, 5.41) is 2.69. The van der Waals surface area contributed by atoms with Crippen LogP contribution in [0.4, 0.5) is 0 Å². The normalized spacial score (nSPS) is 10.0. The Morgan fingerprint density at radius 1 is 1.16 bits per heavy atom. The lowest BCUT2D eigenvalue weighted by Gasteiger charge is -2.12. The molecular weight excluding hydrogens is 390 g/mol. The number of nitrogens with one attached hydrogen (secondary N) is 1. The number of carbonyl (C=O) groups is 2. The van der Waals surface area contributed by atoms with Crippen molar-refractivity contribution in [1.29, 1.82) is 0 Å². The maximum absolute atomic E-state index is 11.8. The van der Waals surface area contributed by atoms with Gasteiger partial charge in [-0.3, -0.25) is 9.59 Å².